The Hall–Kier alpha value is -2.16. The molecular formula is C15H21N7OS. The van der Waals surface area contributed by atoms with Crippen LogP contribution in [-0.4, -0.2) is 67.9 Å². The molecule has 1 amide bonds. The van der Waals surface area contributed by atoms with Gasteiger partial charge in [0, 0.05) is 37.6 Å². The Morgan fingerprint density at radius 2 is 1.79 bits per heavy atom. The number of carbonyl (C=O) groups excluding carboxylic acids is 1. The van der Waals surface area contributed by atoms with Gasteiger partial charge in [0.15, 0.2) is 0 Å². The smallest absolute Gasteiger partial charge is 0.233 e. The molecule has 1 aliphatic heterocycles. The zero-order valence-electron chi connectivity index (χ0n) is 14.1. The lowest BCUT2D eigenvalue weighted by atomic mass is 10.3. The maximum absolute atomic E-state index is 12.3. The molecular weight excluding hydrogens is 326 g/mol. The number of anilines is 1. The molecule has 0 radical (unpaired) electrons. The van der Waals surface area contributed by atoms with E-state index < -0.39 is 0 Å². The number of hydrogen-bond donors (Lipinski definition) is 1. The second-order valence-corrected chi connectivity index (χ2v) is 6.75. The minimum Gasteiger partial charge on any atom is -0.338 e. The summed E-state index contributed by atoms with van der Waals surface area (Å²) in [5, 5.41) is 7.42. The van der Waals surface area contributed by atoms with E-state index in [9.17, 15) is 4.79 Å². The van der Waals surface area contributed by atoms with Crippen LogP contribution in [0.3, 0.4) is 0 Å². The zero-order chi connectivity index (χ0) is 17.1. The molecule has 0 spiro atoms. The van der Waals surface area contributed by atoms with Gasteiger partial charge in [0.2, 0.25) is 17.0 Å². The van der Waals surface area contributed by atoms with E-state index in [0.717, 1.165) is 36.3 Å². The molecule has 1 fully saturated rings. The molecule has 0 saturated carbocycles. The molecule has 3 heterocycles. The van der Waals surface area contributed by atoms with Crippen molar-refractivity contribution in [1.82, 2.24) is 30.0 Å². The van der Waals surface area contributed by atoms with Gasteiger partial charge in [-0.25, -0.2) is 15.0 Å². The quantitative estimate of drug-likeness (QED) is 0.824. The van der Waals surface area contributed by atoms with Crippen LogP contribution >= 0.6 is 11.8 Å². The predicted octanol–water partition coefficient (Wildman–Crippen LogP) is 0.961. The highest BCUT2D eigenvalue weighted by atomic mass is 32.2. The number of aromatic nitrogens is 5. The normalized spacial score (nSPS) is 15.0. The van der Waals surface area contributed by atoms with Crippen LogP contribution in [0.4, 0.5) is 5.95 Å². The molecule has 1 N–H and O–H groups in total. The van der Waals surface area contributed by atoms with Gasteiger partial charge in [0.1, 0.15) is 5.82 Å². The number of nitrogens with zero attached hydrogens (tertiary/aromatic N) is 6. The number of carbonyl (C=O) groups is 1. The highest BCUT2D eigenvalue weighted by molar-refractivity contribution is 7.99. The van der Waals surface area contributed by atoms with E-state index in [2.05, 4.69) is 30.0 Å². The number of piperazine rings is 1. The minimum atomic E-state index is 0.114. The Labute approximate surface area is 145 Å². The number of aromatic amines is 1. The fraction of sp³-hybridized carbons (Fsp3) is 0.533. The van der Waals surface area contributed by atoms with Crippen molar-refractivity contribution < 1.29 is 4.79 Å². The van der Waals surface area contributed by atoms with Crippen molar-refractivity contribution in [1.29, 1.82) is 0 Å². The van der Waals surface area contributed by atoms with Gasteiger partial charge in [-0.2, -0.15) is 0 Å². The molecule has 0 unspecified atom stereocenters. The first kappa shape index (κ1) is 16.7. The van der Waals surface area contributed by atoms with Gasteiger partial charge in [0.05, 0.1) is 5.75 Å². The molecule has 3 rings (SSSR count). The molecule has 0 aliphatic carbocycles. The van der Waals surface area contributed by atoms with Crippen LogP contribution in [0.15, 0.2) is 11.2 Å². The number of rotatable bonds is 4. The maximum Gasteiger partial charge on any atom is 0.233 e. The Balaban J connectivity index is 1.51. The molecule has 0 aromatic carbocycles. The van der Waals surface area contributed by atoms with E-state index in [1.807, 2.05) is 31.7 Å². The summed E-state index contributed by atoms with van der Waals surface area (Å²) < 4.78 is 0. The molecule has 24 heavy (non-hydrogen) atoms. The van der Waals surface area contributed by atoms with Crippen molar-refractivity contribution in [2.45, 2.75) is 25.9 Å². The Kier molecular flexibility index (Phi) is 4.98. The number of nitrogens with one attached hydrogen (secondary N) is 1. The summed E-state index contributed by atoms with van der Waals surface area (Å²) in [6, 6.07) is 1.96. The van der Waals surface area contributed by atoms with E-state index in [0.29, 0.717) is 24.0 Å². The summed E-state index contributed by atoms with van der Waals surface area (Å²) in [5.74, 6) is 1.98. The molecule has 0 atom stereocenters. The van der Waals surface area contributed by atoms with Crippen molar-refractivity contribution in [2.75, 3.05) is 36.8 Å². The van der Waals surface area contributed by atoms with Gasteiger partial charge >= 0.3 is 0 Å². The van der Waals surface area contributed by atoms with Gasteiger partial charge in [-0.05, 0) is 26.8 Å². The first-order valence-corrected chi connectivity index (χ1v) is 8.86. The first-order valence-electron chi connectivity index (χ1n) is 7.88. The van der Waals surface area contributed by atoms with Gasteiger partial charge in [-0.15, -0.1) is 5.10 Å². The molecule has 1 saturated heterocycles. The lowest BCUT2D eigenvalue weighted by Crippen LogP contribution is -2.49. The second kappa shape index (κ2) is 7.16. The third kappa shape index (κ3) is 4.02. The second-order valence-electron chi connectivity index (χ2n) is 5.81. The van der Waals surface area contributed by atoms with E-state index >= 15 is 0 Å². The summed E-state index contributed by atoms with van der Waals surface area (Å²) in [6.45, 7) is 8.65. The molecule has 8 nitrogen and oxygen atoms in total. The largest absolute Gasteiger partial charge is 0.338 e. The average molecular weight is 347 g/mol. The monoisotopic (exact) mass is 347 g/mol. The summed E-state index contributed by atoms with van der Waals surface area (Å²) >= 11 is 1.36. The van der Waals surface area contributed by atoms with Crippen molar-refractivity contribution in [3.8, 4) is 0 Å². The van der Waals surface area contributed by atoms with Crippen LogP contribution in [-0.2, 0) is 4.79 Å². The maximum atomic E-state index is 12.3. The number of thioether (sulfide) groups is 1. The zero-order valence-corrected chi connectivity index (χ0v) is 14.9. The van der Waals surface area contributed by atoms with Crippen LogP contribution in [0, 0.1) is 20.8 Å². The van der Waals surface area contributed by atoms with E-state index in [1.165, 1.54) is 11.8 Å². The Bertz CT molecular complexity index is 704. The minimum absolute atomic E-state index is 0.114. The van der Waals surface area contributed by atoms with Gasteiger partial charge in [0.25, 0.3) is 0 Å². The number of H-pyrrole nitrogens is 1. The SMILES string of the molecule is Cc1cc(C)nc(N2CCN(C(=O)CSc3n[nH]c(C)n3)CC2)n1. The molecule has 2 aromatic rings. The fourth-order valence-electron chi connectivity index (χ4n) is 2.61. The lowest BCUT2D eigenvalue weighted by Gasteiger charge is -2.34. The molecule has 0 bridgehead atoms. The standard InChI is InChI=1S/C15H21N7OS/c1-10-8-11(2)17-14(16-10)22-6-4-21(5-7-22)13(23)9-24-15-18-12(3)19-20-15/h8H,4-7,9H2,1-3H3,(H,18,19,20). The van der Waals surface area contributed by atoms with Gasteiger partial charge in [-0.1, -0.05) is 11.8 Å². The van der Waals surface area contributed by atoms with E-state index in [1.54, 1.807) is 0 Å². The molecule has 2 aromatic heterocycles. The highest BCUT2D eigenvalue weighted by Gasteiger charge is 2.23. The van der Waals surface area contributed by atoms with Crippen molar-refractivity contribution in [2.24, 2.45) is 0 Å². The predicted molar refractivity (Wildman–Crippen MR) is 92.1 cm³/mol. The van der Waals surface area contributed by atoms with E-state index in [4.69, 9.17) is 0 Å². The number of amides is 1. The van der Waals surface area contributed by atoms with Crippen molar-refractivity contribution in [3.05, 3.63) is 23.3 Å². The summed E-state index contributed by atoms with van der Waals surface area (Å²) in [7, 11) is 0. The Morgan fingerprint density at radius 1 is 1.12 bits per heavy atom. The lowest BCUT2D eigenvalue weighted by molar-refractivity contribution is -0.128. The van der Waals surface area contributed by atoms with Crippen molar-refractivity contribution in [3.63, 3.8) is 0 Å². The Morgan fingerprint density at radius 3 is 2.38 bits per heavy atom. The third-order valence-corrected chi connectivity index (χ3v) is 4.62. The number of aryl methyl sites for hydroxylation is 3. The third-order valence-electron chi connectivity index (χ3n) is 3.79. The average Bonchev–Trinajstić information content (AvgIpc) is 2.97. The van der Waals surface area contributed by atoms with Crippen LogP contribution in [0.1, 0.15) is 17.2 Å². The van der Waals surface area contributed by atoms with Gasteiger partial charge in [-0.3, -0.25) is 9.89 Å². The number of hydrogen-bond acceptors (Lipinski definition) is 7. The summed E-state index contributed by atoms with van der Waals surface area (Å²) in [6.07, 6.45) is 0. The first-order chi connectivity index (χ1) is 11.5. The van der Waals surface area contributed by atoms with Gasteiger partial charge < -0.3 is 9.80 Å². The molecule has 9 heteroatoms. The van der Waals surface area contributed by atoms with Crippen LogP contribution in [0.25, 0.3) is 0 Å². The summed E-state index contributed by atoms with van der Waals surface area (Å²) in [5.41, 5.74) is 1.93. The van der Waals surface area contributed by atoms with Crippen LogP contribution in [0.5, 0.6) is 0 Å². The van der Waals surface area contributed by atoms with E-state index in [-0.39, 0.29) is 5.91 Å². The topological polar surface area (TPSA) is 90.9 Å². The van der Waals surface area contributed by atoms with Crippen LogP contribution < -0.4 is 4.90 Å². The highest BCUT2D eigenvalue weighted by Crippen LogP contribution is 2.16. The molecule has 1 aliphatic rings. The molecule has 128 valence electrons. The van der Waals surface area contributed by atoms with Crippen LogP contribution in [0.2, 0.25) is 0 Å². The van der Waals surface area contributed by atoms with Crippen molar-refractivity contribution >= 4 is 23.6 Å². The summed E-state index contributed by atoms with van der Waals surface area (Å²) in [4.78, 5) is 29.5. The fourth-order valence-corrected chi connectivity index (χ4v) is 3.36.